The summed E-state index contributed by atoms with van der Waals surface area (Å²) in [4.78, 5) is 18.6. The highest BCUT2D eigenvalue weighted by molar-refractivity contribution is 7.17. The molecule has 0 amide bonds. The number of nitrogens with zero attached hydrogens (tertiary/aromatic N) is 2. The van der Waals surface area contributed by atoms with Crippen LogP contribution in [-0.4, -0.2) is 29.1 Å². The number of anilines is 1. The molecule has 1 aromatic heterocycles. The highest BCUT2D eigenvalue weighted by Crippen LogP contribution is 2.36. The minimum absolute atomic E-state index is 0.323. The van der Waals surface area contributed by atoms with E-state index >= 15 is 0 Å². The third-order valence-corrected chi connectivity index (χ3v) is 5.22. The second kappa shape index (κ2) is 5.48. The average Bonchev–Trinajstić information content (AvgIpc) is 3.05. The van der Waals surface area contributed by atoms with Crippen LogP contribution in [0.15, 0.2) is 30.3 Å². The lowest BCUT2D eigenvalue weighted by atomic mass is 10.0. The maximum Gasteiger partial charge on any atom is 0.348 e. The Bertz CT molecular complexity index is 644. The number of aromatic nitrogens is 1. The Morgan fingerprint density at radius 2 is 1.86 bits per heavy atom. The van der Waals surface area contributed by atoms with Gasteiger partial charge in [-0.05, 0) is 11.8 Å². The summed E-state index contributed by atoms with van der Waals surface area (Å²) in [6, 6.07) is 9.53. The molecule has 0 saturated carbocycles. The summed E-state index contributed by atoms with van der Waals surface area (Å²) in [7, 11) is 0. The minimum atomic E-state index is -0.905. The highest BCUT2D eigenvalue weighted by atomic mass is 32.1. The summed E-state index contributed by atoms with van der Waals surface area (Å²) in [5, 5.41) is 10.3. The van der Waals surface area contributed by atoms with E-state index in [-0.39, 0.29) is 0 Å². The van der Waals surface area contributed by atoms with Crippen molar-refractivity contribution >= 4 is 22.4 Å². The van der Waals surface area contributed by atoms with E-state index in [1.807, 2.05) is 30.3 Å². The second-order valence-electron chi connectivity index (χ2n) is 5.70. The lowest BCUT2D eigenvalue weighted by Crippen LogP contribution is -2.19. The molecule has 5 heteroatoms. The number of benzene rings is 1. The molecule has 3 rings (SSSR count). The molecule has 110 valence electrons. The van der Waals surface area contributed by atoms with Gasteiger partial charge in [-0.25, -0.2) is 9.78 Å². The first kappa shape index (κ1) is 14.1. The molecule has 0 radical (unpaired) electrons. The maximum atomic E-state index is 11.5. The van der Waals surface area contributed by atoms with Gasteiger partial charge in [-0.1, -0.05) is 55.5 Å². The van der Waals surface area contributed by atoms with Gasteiger partial charge in [0.25, 0.3) is 0 Å². The first-order chi connectivity index (χ1) is 10.1. The molecular weight excluding hydrogens is 284 g/mol. The van der Waals surface area contributed by atoms with Gasteiger partial charge in [-0.2, -0.15) is 0 Å². The average molecular weight is 302 g/mol. The Kier molecular flexibility index (Phi) is 3.68. The minimum Gasteiger partial charge on any atom is -0.477 e. The van der Waals surface area contributed by atoms with Crippen molar-refractivity contribution in [1.82, 2.24) is 4.98 Å². The molecule has 1 aliphatic rings. The van der Waals surface area contributed by atoms with Crippen LogP contribution in [0.3, 0.4) is 0 Å². The summed E-state index contributed by atoms with van der Waals surface area (Å²) in [6.45, 7) is 6.35. The Balaban J connectivity index is 2.00. The number of carboxylic acid groups (broad SMARTS) is 1. The predicted octanol–water partition coefficient (Wildman–Crippen LogP) is 3.60. The van der Waals surface area contributed by atoms with Crippen LogP contribution in [0.2, 0.25) is 0 Å². The monoisotopic (exact) mass is 302 g/mol. The lowest BCUT2D eigenvalue weighted by molar-refractivity contribution is 0.0702. The molecule has 2 atom stereocenters. The summed E-state index contributed by atoms with van der Waals surface area (Å²) in [6.07, 6.45) is 0. The molecule has 0 aliphatic carbocycles. The van der Waals surface area contributed by atoms with Crippen LogP contribution in [0.5, 0.6) is 0 Å². The van der Waals surface area contributed by atoms with Crippen molar-refractivity contribution in [1.29, 1.82) is 0 Å². The number of carboxylic acids is 1. The zero-order valence-corrected chi connectivity index (χ0v) is 12.9. The molecule has 4 nitrogen and oxygen atoms in total. The van der Waals surface area contributed by atoms with Crippen LogP contribution < -0.4 is 4.90 Å². The Morgan fingerprint density at radius 3 is 2.43 bits per heavy atom. The van der Waals surface area contributed by atoms with E-state index in [2.05, 4.69) is 23.7 Å². The number of carbonyl (C=O) groups is 1. The second-order valence-corrected chi connectivity index (χ2v) is 6.68. The van der Waals surface area contributed by atoms with Crippen molar-refractivity contribution in [2.24, 2.45) is 11.8 Å². The molecule has 0 bridgehead atoms. The van der Waals surface area contributed by atoms with Gasteiger partial charge < -0.3 is 10.0 Å². The van der Waals surface area contributed by atoms with Crippen LogP contribution in [-0.2, 0) is 0 Å². The molecule has 2 unspecified atom stereocenters. The van der Waals surface area contributed by atoms with Crippen LogP contribution in [0, 0.1) is 11.8 Å². The van der Waals surface area contributed by atoms with Crippen LogP contribution in [0.1, 0.15) is 23.5 Å². The third-order valence-electron chi connectivity index (χ3n) is 4.12. The lowest BCUT2D eigenvalue weighted by Gasteiger charge is -2.13. The molecule has 1 saturated heterocycles. The molecule has 2 heterocycles. The fourth-order valence-electron chi connectivity index (χ4n) is 2.67. The molecule has 1 aliphatic heterocycles. The van der Waals surface area contributed by atoms with Gasteiger partial charge in [-0.3, -0.25) is 0 Å². The van der Waals surface area contributed by atoms with Crippen LogP contribution in [0.25, 0.3) is 11.3 Å². The zero-order valence-electron chi connectivity index (χ0n) is 12.1. The number of rotatable bonds is 3. The van der Waals surface area contributed by atoms with E-state index in [1.165, 1.54) is 11.3 Å². The number of hydrogen-bond donors (Lipinski definition) is 1. The van der Waals surface area contributed by atoms with Crippen molar-refractivity contribution in [2.75, 3.05) is 18.0 Å². The van der Waals surface area contributed by atoms with Crippen LogP contribution in [0.4, 0.5) is 5.13 Å². The van der Waals surface area contributed by atoms with E-state index in [4.69, 9.17) is 0 Å². The first-order valence-electron chi connectivity index (χ1n) is 7.10. The van der Waals surface area contributed by atoms with Crippen molar-refractivity contribution < 1.29 is 9.90 Å². The topological polar surface area (TPSA) is 53.4 Å². The Morgan fingerprint density at radius 1 is 1.24 bits per heavy atom. The van der Waals surface area contributed by atoms with E-state index in [0.29, 0.717) is 22.4 Å². The molecule has 0 spiro atoms. The zero-order chi connectivity index (χ0) is 15.0. The van der Waals surface area contributed by atoms with Gasteiger partial charge in [0.2, 0.25) is 0 Å². The summed E-state index contributed by atoms with van der Waals surface area (Å²) < 4.78 is 0. The normalized spacial score (nSPS) is 21.7. The number of aromatic carboxylic acids is 1. The summed E-state index contributed by atoms with van der Waals surface area (Å²) in [5.74, 6) is 0.322. The van der Waals surface area contributed by atoms with Crippen molar-refractivity contribution in [3.63, 3.8) is 0 Å². The quantitative estimate of drug-likeness (QED) is 0.941. The highest BCUT2D eigenvalue weighted by Gasteiger charge is 2.30. The van der Waals surface area contributed by atoms with Gasteiger partial charge in [0.1, 0.15) is 4.88 Å². The SMILES string of the molecule is CC1CN(c2nc(-c3ccccc3)c(C(=O)O)s2)CC1C. The van der Waals surface area contributed by atoms with E-state index in [9.17, 15) is 9.90 Å². The van der Waals surface area contributed by atoms with Gasteiger partial charge in [0.15, 0.2) is 5.13 Å². The van der Waals surface area contributed by atoms with E-state index in [1.54, 1.807) is 0 Å². The summed E-state index contributed by atoms with van der Waals surface area (Å²) >= 11 is 1.28. The predicted molar refractivity (Wildman–Crippen MR) is 85.1 cm³/mol. The van der Waals surface area contributed by atoms with Crippen molar-refractivity contribution in [3.8, 4) is 11.3 Å². The molecule has 1 aromatic carbocycles. The molecular formula is C16H18N2O2S. The fourth-order valence-corrected chi connectivity index (χ4v) is 3.61. The third kappa shape index (κ3) is 2.65. The van der Waals surface area contributed by atoms with Crippen molar-refractivity contribution in [2.45, 2.75) is 13.8 Å². The van der Waals surface area contributed by atoms with Gasteiger partial charge in [-0.15, -0.1) is 0 Å². The Labute approximate surface area is 128 Å². The molecule has 21 heavy (non-hydrogen) atoms. The maximum absolute atomic E-state index is 11.5. The largest absolute Gasteiger partial charge is 0.477 e. The van der Waals surface area contributed by atoms with Crippen LogP contribution >= 0.6 is 11.3 Å². The number of thiazole rings is 1. The molecule has 1 N–H and O–H groups in total. The van der Waals surface area contributed by atoms with Gasteiger partial charge >= 0.3 is 5.97 Å². The van der Waals surface area contributed by atoms with E-state index < -0.39 is 5.97 Å². The molecule has 1 fully saturated rings. The first-order valence-corrected chi connectivity index (χ1v) is 7.92. The number of hydrogen-bond acceptors (Lipinski definition) is 4. The van der Waals surface area contributed by atoms with Gasteiger partial charge in [0, 0.05) is 18.7 Å². The van der Waals surface area contributed by atoms with Crippen molar-refractivity contribution in [3.05, 3.63) is 35.2 Å². The Hall–Kier alpha value is -1.88. The fraction of sp³-hybridized carbons (Fsp3) is 0.375. The standard InChI is InChI=1S/C16H18N2O2S/c1-10-8-18(9-11(10)2)16-17-13(14(21-16)15(19)20)12-6-4-3-5-7-12/h3-7,10-11H,8-9H2,1-2H3,(H,19,20). The van der Waals surface area contributed by atoms with E-state index in [0.717, 1.165) is 23.8 Å². The smallest absolute Gasteiger partial charge is 0.348 e. The molecule has 2 aromatic rings. The summed E-state index contributed by atoms with van der Waals surface area (Å²) in [5.41, 5.74) is 1.44. The van der Waals surface area contributed by atoms with Gasteiger partial charge in [0.05, 0.1) is 5.69 Å².